The third kappa shape index (κ3) is 32.2. The van der Waals surface area contributed by atoms with Gasteiger partial charge < -0.3 is 23.7 Å². The van der Waals surface area contributed by atoms with Crippen LogP contribution in [0.1, 0.15) is 227 Å². The highest BCUT2D eigenvalue weighted by Gasteiger charge is 2.40. The Balaban J connectivity index is 6.36. The van der Waals surface area contributed by atoms with Crippen LogP contribution >= 0.6 is 0 Å². The molecule has 0 saturated heterocycles. The smallest absolute Gasteiger partial charge is 0.306 e. The number of rotatable bonds is 39. The second kappa shape index (κ2) is 38.2. The van der Waals surface area contributed by atoms with Crippen LogP contribution < -0.4 is 0 Å². The van der Waals surface area contributed by atoms with E-state index >= 15 is 0 Å². The van der Waals surface area contributed by atoms with Gasteiger partial charge in [0.1, 0.15) is 13.2 Å². The van der Waals surface area contributed by atoms with Gasteiger partial charge in [-0.05, 0) is 32.1 Å². The summed E-state index contributed by atoms with van der Waals surface area (Å²) in [6.45, 7) is 9.85. The van der Waals surface area contributed by atoms with Gasteiger partial charge in [-0.3, -0.25) is 24.0 Å². The van der Waals surface area contributed by atoms with Crippen molar-refractivity contribution in [3.05, 3.63) is 0 Å². The first-order valence-corrected chi connectivity index (χ1v) is 22.6. The van der Waals surface area contributed by atoms with E-state index in [0.29, 0.717) is 32.1 Å². The molecule has 0 saturated carbocycles. The van der Waals surface area contributed by atoms with Crippen molar-refractivity contribution in [2.24, 2.45) is 0 Å². The zero-order valence-corrected chi connectivity index (χ0v) is 35.9. The number of esters is 5. The average Bonchev–Trinajstić information content (AvgIpc) is 3.16. The first-order chi connectivity index (χ1) is 26.7. The normalized spacial score (nSPS) is 12.7. The lowest BCUT2D eigenvalue weighted by Gasteiger charge is -2.32. The molecule has 55 heavy (non-hydrogen) atoms. The summed E-state index contributed by atoms with van der Waals surface area (Å²) in [5.41, 5.74) is 0. The fraction of sp³-hybridized carbons (Fsp3) is 0.889. The molecule has 0 bridgehead atoms. The Bertz CT molecular complexity index is 905. The molecule has 322 valence electrons. The predicted octanol–water partition coefficient (Wildman–Crippen LogP) is 11.6. The fourth-order valence-electron chi connectivity index (χ4n) is 6.31. The number of hydrogen-bond donors (Lipinski definition) is 0. The van der Waals surface area contributed by atoms with E-state index in [9.17, 15) is 24.0 Å². The quantitative estimate of drug-likeness (QED) is 0.0337. The maximum Gasteiger partial charge on any atom is 0.306 e. The topological polar surface area (TPSA) is 132 Å². The Morgan fingerprint density at radius 2 is 0.545 bits per heavy atom. The van der Waals surface area contributed by atoms with E-state index in [4.69, 9.17) is 23.7 Å². The van der Waals surface area contributed by atoms with Gasteiger partial charge >= 0.3 is 29.8 Å². The van der Waals surface area contributed by atoms with Crippen LogP contribution in [0.15, 0.2) is 0 Å². The minimum Gasteiger partial charge on any atom is -0.462 e. The molecular formula is C45H82O10. The molecule has 0 aromatic carbocycles. The van der Waals surface area contributed by atoms with Gasteiger partial charge in [0.2, 0.25) is 0 Å². The van der Waals surface area contributed by atoms with Gasteiger partial charge in [-0.15, -0.1) is 0 Å². The van der Waals surface area contributed by atoms with E-state index < -0.39 is 48.2 Å². The van der Waals surface area contributed by atoms with Crippen molar-refractivity contribution in [2.45, 2.75) is 246 Å². The Kier molecular flexibility index (Phi) is 36.4. The van der Waals surface area contributed by atoms with Crippen molar-refractivity contribution in [3.8, 4) is 0 Å². The molecule has 0 rings (SSSR count). The van der Waals surface area contributed by atoms with Crippen molar-refractivity contribution >= 4 is 29.8 Å². The Morgan fingerprint density at radius 3 is 0.818 bits per heavy atom. The molecule has 0 aromatic heterocycles. The van der Waals surface area contributed by atoms with E-state index in [1.807, 2.05) is 0 Å². The zero-order valence-electron chi connectivity index (χ0n) is 35.9. The summed E-state index contributed by atoms with van der Waals surface area (Å²) in [6.07, 6.45) is 20.3. The van der Waals surface area contributed by atoms with E-state index in [-0.39, 0.29) is 45.3 Å². The Hall–Kier alpha value is -2.65. The molecule has 0 aliphatic carbocycles. The third-order valence-electron chi connectivity index (χ3n) is 9.81. The van der Waals surface area contributed by atoms with Crippen LogP contribution in [0.4, 0.5) is 0 Å². The second-order valence-electron chi connectivity index (χ2n) is 15.2. The van der Waals surface area contributed by atoms with Gasteiger partial charge in [-0.25, -0.2) is 0 Å². The molecule has 0 aromatic rings. The maximum atomic E-state index is 13.4. The lowest BCUT2D eigenvalue weighted by Crippen LogP contribution is -2.50. The van der Waals surface area contributed by atoms with Crippen LogP contribution in [-0.2, 0) is 47.7 Å². The van der Waals surface area contributed by atoms with E-state index in [0.717, 1.165) is 128 Å². The minimum atomic E-state index is -1.36. The van der Waals surface area contributed by atoms with E-state index in [1.165, 1.54) is 0 Å². The molecule has 0 aliphatic heterocycles. The molecule has 0 amide bonds. The lowest BCUT2D eigenvalue weighted by molar-refractivity contribution is -0.197. The summed E-state index contributed by atoms with van der Waals surface area (Å²) in [6, 6.07) is 0. The highest BCUT2D eigenvalue weighted by Crippen LogP contribution is 2.21. The summed E-state index contributed by atoms with van der Waals surface area (Å²) in [5, 5.41) is 0. The van der Waals surface area contributed by atoms with Gasteiger partial charge in [-0.1, -0.05) is 163 Å². The molecule has 0 N–H and O–H groups in total. The van der Waals surface area contributed by atoms with Gasteiger partial charge in [-0.2, -0.15) is 0 Å². The van der Waals surface area contributed by atoms with Crippen LogP contribution in [0.2, 0.25) is 0 Å². The van der Waals surface area contributed by atoms with Gasteiger partial charge in [0.15, 0.2) is 18.3 Å². The van der Waals surface area contributed by atoms with Crippen molar-refractivity contribution in [2.75, 3.05) is 13.2 Å². The molecular weight excluding hydrogens is 700 g/mol. The Morgan fingerprint density at radius 1 is 0.309 bits per heavy atom. The highest BCUT2D eigenvalue weighted by molar-refractivity contribution is 5.72. The second-order valence-corrected chi connectivity index (χ2v) is 15.2. The molecule has 10 nitrogen and oxygen atoms in total. The van der Waals surface area contributed by atoms with Gasteiger partial charge in [0.05, 0.1) is 0 Å². The minimum absolute atomic E-state index is 0.117. The van der Waals surface area contributed by atoms with Crippen molar-refractivity contribution in [1.29, 1.82) is 0 Å². The van der Waals surface area contributed by atoms with Crippen LogP contribution in [-0.4, -0.2) is 61.4 Å². The SMILES string of the molecule is CCCCCCCC(=O)OC[C@H](OC(=O)CCCCCCC)[C@@H](OC(=O)CCCCCCC)[C@@H](COC(=O)CCCCCCC)OC(=O)CCCCCCC. The van der Waals surface area contributed by atoms with Gasteiger partial charge in [0, 0.05) is 32.1 Å². The van der Waals surface area contributed by atoms with E-state index in [1.54, 1.807) is 0 Å². The standard InChI is InChI=1S/C45H82O10/c1-6-11-16-21-26-31-40(46)51-36-38(53-42(48)33-28-23-18-13-8-3)45(55-44(50)35-30-25-20-15-10-5)39(54-43(49)34-29-24-19-14-9-4)37-52-41(47)32-27-22-17-12-7-2/h38-39,45H,6-37H2,1-5H3/t38-,39+,45+. The first kappa shape index (κ1) is 52.3. The average molecular weight is 783 g/mol. The molecule has 0 fully saturated rings. The van der Waals surface area contributed by atoms with Crippen LogP contribution in [0.5, 0.6) is 0 Å². The maximum absolute atomic E-state index is 13.4. The molecule has 3 atom stereocenters. The summed E-state index contributed by atoms with van der Waals surface area (Å²) in [5.74, 6) is -2.50. The molecule has 10 heteroatoms. The van der Waals surface area contributed by atoms with Crippen LogP contribution in [0.3, 0.4) is 0 Å². The van der Waals surface area contributed by atoms with Gasteiger partial charge in [0.25, 0.3) is 0 Å². The zero-order chi connectivity index (χ0) is 40.8. The Labute approximate surface area is 335 Å². The number of ether oxygens (including phenoxy) is 5. The molecule has 0 heterocycles. The summed E-state index contributed by atoms with van der Waals surface area (Å²) >= 11 is 0. The molecule has 0 aliphatic rings. The number of carbonyl (C=O) groups excluding carboxylic acids is 5. The fourth-order valence-corrected chi connectivity index (χ4v) is 6.31. The lowest BCUT2D eigenvalue weighted by atomic mass is 10.1. The number of unbranched alkanes of at least 4 members (excludes halogenated alkanes) is 20. The monoisotopic (exact) mass is 783 g/mol. The largest absolute Gasteiger partial charge is 0.462 e. The van der Waals surface area contributed by atoms with Crippen LogP contribution in [0, 0.1) is 0 Å². The molecule has 0 radical (unpaired) electrons. The number of carbonyl (C=O) groups is 5. The van der Waals surface area contributed by atoms with Crippen molar-refractivity contribution in [1.82, 2.24) is 0 Å². The summed E-state index contributed by atoms with van der Waals surface area (Å²) in [7, 11) is 0. The van der Waals surface area contributed by atoms with Crippen LogP contribution in [0.25, 0.3) is 0 Å². The molecule has 0 unspecified atom stereocenters. The van der Waals surface area contributed by atoms with Crippen molar-refractivity contribution in [3.63, 3.8) is 0 Å². The summed E-state index contributed by atoms with van der Waals surface area (Å²) in [4.78, 5) is 65.8. The molecule has 0 spiro atoms. The van der Waals surface area contributed by atoms with Crippen molar-refractivity contribution < 1.29 is 47.7 Å². The summed E-state index contributed by atoms with van der Waals surface area (Å²) < 4.78 is 29.3. The highest BCUT2D eigenvalue weighted by atomic mass is 16.6. The van der Waals surface area contributed by atoms with E-state index in [2.05, 4.69) is 34.6 Å². The third-order valence-corrected chi connectivity index (χ3v) is 9.81. The predicted molar refractivity (Wildman–Crippen MR) is 218 cm³/mol. The first-order valence-electron chi connectivity index (χ1n) is 22.6. The number of hydrogen-bond acceptors (Lipinski definition) is 10.